The van der Waals surface area contributed by atoms with Crippen molar-refractivity contribution in [2.75, 3.05) is 26.3 Å². The normalized spacial score (nSPS) is 18.0. The van der Waals surface area contributed by atoms with Crippen molar-refractivity contribution in [3.63, 3.8) is 0 Å². The Kier molecular flexibility index (Phi) is 4.00. The van der Waals surface area contributed by atoms with Gasteiger partial charge in [-0.25, -0.2) is 4.39 Å². The molecule has 0 aromatic heterocycles. The van der Waals surface area contributed by atoms with E-state index in [1.807, 2.05) is 0 Å². The van der Waals surface area contributed by atoms with Crippen molar-refractivity contribution in [1.29, 1.82) is 0 Å². The minimum Gasteiger partial charge on any atom is -0.386 e. The molecule has 1 fully saturated rings. The van der Waals surface area contributed by atoms with Crippen molar-refractivity contribution in [2.24, 2.45) is 0 Å². The van der Waals surface area contributed by atoms with Gasteiger partial charge in [0.15, 0.2) is 0 Å². The van der Waals surface area contributed by atoms with E-state index in [0.717, 1.165) is 13.1 Å². The maximum atomic E-state index is 14.0. The first-order valence-corrected chi connectivity index (χ1v) is 6.28. The molecule has 4 heteroatoms. The number of ether oxygens (including phenoxy) is 1. The topological polar surface area (TPSA) is 32.7 Å². The predicted octanol–water partition coefficient (Wildman–Crippen LogP) is 1.89. The highest BCUT2D eigenvalue weighted by Crippen LogP contribution is 2.22. The van der Waals surface area contributed by atoms with E-state index >= 15 is 0 Å². The van der Waals surface area contributed by atoms with Gasteiger partial charge in [-0.2, -0.15) is 0 Å². The Labute approximate surface area is 107 Å². The van der Waals surface area contributed by atoms with Crippen molar-refractivity contribution in [1.82, 2.24) is 4.90 Å². The van der Waals surface area contributed by atoms with Crippen molar-refractivity contribution >= 4 is 0 Å². The van der Waals surface area contributed by atoms with Crippen molar-refractivity contribution in [3.8, 4) is 0 Å². The summed E-state index contributed by atoms with van der Waals surface area (Å²) in [4.78, 5) is 2.17. The third-order valence-electron chi connectivity index (χ3n) is 3.26. The second-order valence-corrected chi connectivity index (χ2v) is 5.25. The number of aliphatic hydroxyl groups is 1. The molecule has 0 aliphatic carbocycles. The van der Waals surface area contributed by atoms with Crippen LogP contribution in [0.3, 0.4) is 0 Å². The zero-order chi connectivity index (χ0) is 13.2. The molecule has 3 nitrogen and oxygen atoms in total. The first kappa shape index (κ1) is 13.5. The molecule has 0 unspecified atom stereocenters. The van der Waals surface area contributed by atoms with E-state index < -0.39 is 5.60 Å². The lowest BCUT2D eigenvalue weighted by molar-refractivity contribution is 0.0337. The molecule has 0 radical (unpaired) electrons. The molecule has 0 bridgehead atoms. The van der Waals surface area contributed by atoms with Gasteiger partial charge >= 0.3 is 0 Å². The molecular formula is C14H20FNO2. The summed E-state index contributed by atoms with van der Waals surface area (Å²) in [7, 11) is 0. The Hall–Kier alpha value is -0.970. The Bertz CT molecular complexity index is 409. The second-order valence-electron chi connectivity index (χ2n) is 5.25. The van der Waals surface area contributed by atoms with E-state index in [4.69, 9.17) is 4.74 Å². The van der Waals surface area contributed by atoms with Crippen LogP contribution < -0.4 is 0 Å². The minimum absolute atomic E-state index is 0.249. The van der Waals surface area contributed by atoms with E-state index in [-0.39, 0.29) is 5.82 Å². The van der Waals surface area contributed by atoms with E-state index in [1.165, 1.54) is 6.07 Å². The summed E-state index contributed by atoms with van der Waals surface area (Å²) in [6.07, 6.45) is 0. The van der Waals surface area contributed by atoms with Crippen LogP contribution >= 0.6 is 0 Å². The van der Waals surface area contributed by atoms with Crippen LogP contribution in [0.5, 0.6) is 0 Å². The number of hydrogen-bond donors (Lipinski definition) is 1. The van der Waals surface area contributed by atoms with Crippen LogP contribution in [0.15, 0.2) is 18.2 Å². The van der Waals surface area contributed by atoms with E-state index in [2.05, 4.69) is 4.90 Å². The molecule has 18 heavy (non-hydrogen) atoms. The predicted molar refractivity (Wildman–Crippen MR) is 67.7 cm³/mol. The summed E-state index contributed by atoms with van der Waals surface area (Å²) in [5.74, 6) is -0.249. The maximum absolute atomic E-state index is 14.0. The van der Waals surface area contributed by atoms with Gasteiger partial charge in [0.05, 0.1) is 18.8 Å². The lowest BCUT2D eigenvalue weighted by atomic mass is 9.97. The number of rotatable bonds is 3. The van der Waals surface area contributed by atoms with Crippen LogP contribution in [0.25, 0.3) is 0 Å². The van der Waals surface area contributed by atoms with Crippen LogP contribution in [0, 0.1) is 5.82 Å². The molecule has 1 heterocycles. The SMILES string of the molecule is CC(C)(O)c1ccc(CN2CCOCC2)c(F)c1. The Morgan fingerprint density at radius 1 is 1.33 bits per heavy atom. The van der Waals surface area contributed by atoms with Crippen molar-refractivity contribution in [2.45, 2.75) is 26.0 Å². The highest BCUT2D eigenvalue weighted by molar-refractivity contribution is 5.27. The van der Waals surface area contributed by atoms with E-state index in [1.54, 1.807) is 26.0 Å². The molecule has 100 valence electrons. The minimum atomic E-state index is -1.00. The van der Waals surface area contributed by atoms with Crippen LogP contribution in [0.1, 0.15) is 25.0 Å². The molecule has 1 aliphatic heterocycles. The van der Waals surface area contributed by atoms with Gasteiger partial charge in [-0.1, -0.05) is 12.1 Å². The van der Waals surface area contributed by atoms with E-state index in [9.17, 15) is 9.50 Å². The van der Waals surface area contributed by atoms with Crippen molar-refractivity contribution < 1.29 is 14.2 Å². The highest BCUT2D eigenvalue weighted by Gasteiger charge is 2.19. The third kappa shape index (κ3) is 3.28. The number of nitrogens with zero attached hydrogens (tertiary/aromatic N) is 1. The zero-order valence-electron chi connectivity index (χ0n) is 10.9. The smallest absolute Gasteiger partial charge is 0.128 e. The molecule has 0 atom stereocenters. The van der Waals surface area contributed by atoms with Gasteiger partial charge in [-0.3, -0.25) is 4.90 Å². The number of benzene rings is 1. The fourth-order valence-electron chi connectivity index (χ4n) is 2.06. The van der Waals surface area contributed by atoms with Gasteiger partial charge in [-0.15, -0.1) is 0 Å². The van der Waals surface area contributed by atoms with E-state index in [0.29, 0.717) is 30.9 Å². The summed E-state index contributed by atoms with van der Waals surface area (Å²) < 4.78 is 19.2. The quantitative estimate of drug-likeness (QED) is 0.893. The fraction of sp³-hybridized carbons (Fsp3) is 0.571. The average molecular weight is 253 g/mol. The largest absolute Gasteiger partial charge is 0.386 e. The third-order valence-corrected chi connectivity index (χ3v) is 3.26. The molecule has 1 aromatic carbocycles. The van der Waals surface area contributed by atoms with Gasteiger partial charge in [0.2, 0.25) is 0 Å². The van der Waals surface area contributed by atoms with Crippen molar-refractivity contribution in [3.05, 3.63) is 35.1 Å². The molecule has 1 aliphatic rings. The van der Waals surface area contributed by atoms with Gasteiger partial charge < -0.3 is 9.84 Å². The van der Waals surface area contributed by atoms with Crippen LogP contribution in [0.4, 0.5) is 4.39 Å². The molecular weight excluding hydrogens is 233 g/mol. The second kappa shape index (κ2) is 5.34. The number of morpholine rings is 1. The van der Waals surface area contributed by atoms with Crippen LogP contribution in [-0.4, -0.2) is 36.3 Å². The lowest BCUT2D eigenvalue weighted by Crippen LogP contribution is -2.35. The maximum Gasteiger partial charge on any atom is 0.128 e. The van der Waals surface area contributed by atoms with Gasteiger partial charge in [0, 0.05) is 25.2 Å². The Balaban J connectivity index is 2.09. The van der Waals surface area contributed by atoms with Gasteiger partial charge in [-0.05, 0) is 25.5 Å². The summed E-state index contributed by atoms with van der Waals surface area (Å²) >= 11 is 0. The Morgan fingerprint density at radius 3 is 2.56 bits per heavy atom. The summed E-state index contributed by atoms with van der Waals surface area (Å²) in [6.45, 7) is 7.01. The molecule has 1 aromatic rings. The molecule has 0 amide bonds. The van der Waals surface area contributed by atoms with Crippen LogP contribution in [0.2, 0.25) is 0 Å². The average Bonchev–Trinajstić information content (AvgIpc) is 2.32. The zero-order valence-corrected chi connectivity index (χ0v) is 10.9. The molecule has 2 rings (SSSR count). The Morgan fingerprint density at radius 2 is 2.00 bits per heavy atom. The monoisotopic (exact) mass is 253 g/mol. The molecule has 0 spiro atoms. The first-order valence-electron chi connectivity index (χ1n) is 6.28. The van der Waals surface area contributed by atoms with Gasteiger partial charge in [0.1, 0.15) is 5.82 Å². The fourth-order valence-corrected chi connectivity index (χ4v) is 2.06. The first-order chi connectivity index (χ1) is 8.47. The standard InChI is InChI=1S/C14H20FNO2/c1-14(2,17)12-4-3-11(13(15)9-12)10-16-5-7-18-8-6-16/h3-4,9,17H,5-8,10H2,1-2H3. The summed E-state index contributed by atoms with van der Waals surface area (Å²) in [5, 5.41) is 9.83. The summed E-state index contributed by atoms with van der Waals surface area (Å²) in [5.41, 5.74) is 0.272. The summed E-state index contributed by atoms with van der Waals surface area (Å²) in [6, 6.07) is 4.98. The number of hydrogen-bond acceptors (Lipinski definition) is 3. The van der Waals surface area contributed by atoms with Gasteiger partial charge in [0.25, 0.3) is 0 Å². The van der Waals surface area contributed by atoms with Crippen LogP contribution in [-0.2, 0) is 16.9 Å². The number of halogens is 1. The molecule has 1 N–H and O–H groups in total. The molecule has 1 saturated heterocycles. The lowest BCUT2D eigenvalue weighted by Gasteiger charge is -2.27. The highest BCUT2D eigenvalue weighted by atomic mass is 19.1. The molecule has 0 saturated carbocycles.